The lowest BCUT2D eigenvalue weighted by Crippen LogP contribution is -2.60. The molecular formula is C13H28N2O2S. The molecule has 5 heteroatoms. The average molecular weight is 276 g/mol. The highest BCUT2D eigenvalue weighted by Crippen LogP contribution is 2.34. The molecule has 0 radical (unpaired) electrons. The van der Waals surface area contributed by atoms with Gasteiger partial charge in [0.05, 0.1) is 11.5 Å². The van der Waals surface area contributed by atoms with Crippen molar-refractivity contribution in [2.45, 2.75) is 52.1 Å². The SMILES string of the molecule is CC(N(C)C1(CN)CCS(=O)(=O)CC1)C(C)(C)C. The van der Waals surface area contributed by atoms with Crippen LogP contribution in [0.1, 0.15) is 40.5 Å². The van der Waals surface area contributed by atoms with Crippen LogP contribution in [0.2, 0.25) is 0 Å². The normalized spacial score (nSPS) is 25.1. The minimum atomic E-state index is -2.84. The van der Waals surface area contributed by atoms with Gasteiger partial charge in [-0.2, -0.15) is 0 Å². The molecule has 0 saturated carbocycles. The molecule has 1 saturated heterocycles. The third-order valence-electron chi connectivity index (χ3n) is 4.72. The highest BCUT2D eigenvalue weighted by molar-refractivity contribution is 7.91. The lowest BCUT2D eigenvalue weighted by Gasteiger charge is -2.50. The van der Waals surface area contributed by atoms with Gasteiger partial charge in [-0.1, -0.05) is 20.8 Å². The van der Waals surface area contributed by atoms with Crippen LogP contribution in [0, 0.1) is 5.41 Å². The second kappa shape index (κ2) is 5.10. The Balaban J connectivity index is 2.90. The van der Waals surface area contributed by atoms with Crippen LogP contribution >= 0.6 is 0 Å². The minimum absolute atomic E-state index is 0.155. The molecule has 1 atom stereocenters. The molecule has 2 N–H and O–H groups in total. The van der Waals surface area contributed by atoms with E-state index < -0.39 is 9.84 Å². The van der Waals surface area contributed by atoms with E-state index in [1.165, 1.54) is 0 Å². The first-order chi connectivity index (χ1) is 8.04. The molecule has 1 fully saturated rings. The third kappa shape index (κ3) is 3.25. The van der Waals surface area contributed by atoms with Gasteiger partial charge in [-0.25, -0.2) is 8.42 Å². The lowest BCUT2D eigenvalue weighted by molar-refractivity contribution is 0.0248. The van der Waals surface area contributed by atoms with E-state index in [4.69, 9.17) is 5.73 Å². The molecule has 0 aromatic carbocycles. The molecule has 0 bridgehead atoms. The Kier molecular flexibility index (Phi) is 4.51. The van der Waals surface area contributed by atoms with Crippen LogP contribution in [-0.4, -0.2) is 50.0 Å². The molecule has 18 heavy (non-hydrogen) atoms. The largest absolute Gasteiger partial charge is 0.329 e. The van der Waals surface area contributed by atoms with Crippen molar-refractivity contribution in [2.75, 3.05) is 25.1 Å². The van der Waals surface area contributed by atoms with Gasteiger partial charge in [0.1, 0.15) is 9.84 Å². The summed E-state index contributed by atoms with van der Waals surface area (Å²) in [6.45, 7) is 9.34. The summed E-state index contributed by atoms with van der Waals surface area (Å²) >= 11 is 0. The van der Waals surface area contributed by atoms with E-state index in [1.807, 2.05) is 0 Å². The molecule has 0 aromatic rings. The Labute approximate surface area is 112 Å². The van der Waals surface area contributed by atoms with Gasteiger partial charge in [0.25, 0.3) is 0 Å². The van der Waals surface area contributed by atoms with Crippen molar-refractivity contribution in [3.63, 3.8) is 0 Å². The van der Waals surface area contributed by atoms with Gasteiger partial charge in [0.2, 0.25) is 0 Å². The quantitative estimate of drug-likeness (QED) is 0.843. The zero-order valence-electron chi connectivity index (χ0n) is 12.4. The maximum Gasteiger partial charge on any atom is 0.150 e. The monoisotopic (exact) mass is 276 g/mol. The summed E-state index contributed by atoms with van der Waals surface area (Å²) in [6.07, 6.45) is 1.31. The van der Waals surface area contributed by atoms with Gasteiger partial charge in [0.15, 0.2) is 0 Å². The van der Waals surface area contributed by atoms with Crippen molar-refractivity contribution in [2.24, 2.45) is 11.1 Å². The van der Waals surface area contributed by atoms with Crippen molar-refractivity contribution in [1.29, 1.82) is 0 Å². The number of hydrogen-bond acceptors (Lipinski definition) is 4. The van der Waals surface area contributed by atoms with Crippen LogP contribution < -0.4 is 5.73 Å². The number of likely N-dealkylation sites (N-methyl/N-ethyl adjacent to an activating group) is 1. The number of hydrogen-bond donors (Lipinski definition) is 1. The van der Waals surface area contributed by atoms with E-state index in [0.717, 1.165) is 0 Å². The summed E-state index contributed by atoms with van der Waals surface area (Å²) in [5.74, 6) is 0.538. The average Bonchev–Trinajstić information content (AvgIpc) is 2.27. The standard InChI is InChI=1S/C13H28N2O2S/c1-11(12(2,3)4)15(5)13(10-14)6-8-18(16,17)9-7-13/h11H,6-10,14H2,1-5H3. The lowest BCUT2D eigenvalue weighted by atomic mass is 9.81. The van der Waals surface area contributed by atoms with Crippen LogP contribution in [-0.2, 0) is 9.84 Å². The molecular weight excluding hydrogens is 248 g/mol. The van der Waals surface area contributed by atoms with Crippen molar-refractivity contribution in [1.82, 2.24) is 4.90 Å². The summed E-state index contributed by atoms with van der Waals surface area (Å²) in [6, 6.07) is 0.363. The smallest absolute Gasteiger partial charge is 0.150 e. The summed E-state index contributed by atoms with van der Waals surface area (Å²) in [4.78, 5) is 2.31. The Hall–Kier alpha value is -0.130. The predicted octanol–water partition coefficient (Wildman–Crippen LogP) is 1.26. The van der Waals surface area contributed by atoms with Gasteiger partial charge >= 0.3 is 0 Å². The number of nitrogens with two attached hydrogens (primary N) is 1. The van der Waals surface area contributed by atoms with E-state index in [-0.39, 0.29) is 22.5 Å². The van der Waals surface area contributed by atoms with E-state index >= 15 is 0 Å². The predicted molar refractivity (Wildman–Crippen MR) is 76.4 cm³/mol. The second-order valence-corrected chi connectivity index (χ2v) is 9.04. The number of rotatable bonds is 3. The summed E-state index contributed by atoms with van der Waals surface area (Å²) in [5, 5.41) is 0. The van der Waals surface area contributed by atoms with Crippen LogP contribution in [0.15, 0.2) is 0 Å². The van der Waals surface area contributed by atoms with Gasteiger partial charge < -0.3 is 5.73 Å². The third-order valence-corrected chi connectivity index (χ3v) is 6.37. The summed E-state index contributed by atoms with van der Waals surface area (Å²) < 4.78 is 23.2. The summed E-state index contributed by atoms with van der Waals surface area (Å²) in [7, 11) is -0.757. The van der Waals surface area contributed by atoms with E-state index in [0.29, 0.717) is 25.4 Å². The first-order valence-corrected chi connectivity index (χ1v) is 8.50. The fourth-order valence-electron chi connectivity index (χ4n) is 2.61. The molecule has 1 unspecified atom stereocenters. The summed E-state index contributed by atoms with van der Waals surface area (Å²) in [5.41, 5.74) is 5.98. The fraction of sp³-hybridized carbons (Fsp3) is 1.00. The van der Waals surface area contributed by atoms with Crippen molar-refractivity contribution in [3.05, 3.63) is 0 Å². The van der Waals surface area contributed by atoms with Gasteiger partial charge in [0, 0.05) is 18.1 Å². The first-order valence-electron chi connectivity index (χ1n) is 6.67. The first kappa shape index (κ1) is 15.9. The molecule has 1 rings (SSSR count). The molecule has 0 aromatic heterocycles. The molecule has 108 valence electrons. The maximum atomic E-state index is 11.6. The maximum absolute atomic E-state index is 11.6. The van der Waals surface area contributed by atoms with Crippen LogP contribution in [0.5, 0.6) is 0 Å². The Morgan fingerprint density at radius 1 is 1.28 bits per heavy atom. The Morgan fingerprint density at radius 3 is 2.06 bits per heavy atom. The molecule has 0 spiro atoms. The Morgan fingerprint density at radius 2 is 1.72 bits per heavy atom. The van der Waals surface area contributed by atoms with Crippen molar-refractivity contribution >= 4 is 9.84 Å². The molecule has 0 aliphatic carbocycles. The Bertz CT molecular complexity index is 370. The number of sulfone groups is 1. The van der Waals surface area contributed by atoms with Crippen LogP contribution in [0.25, 0.3) is 0 Å². The van der Waals surface area contributed by atoms with E-state index in [1.54, 1.807) is 0 Å². The zero-order valence-corrected chi connectivity index (χ0v) is 13.2. The number of nitrogens with zero attached hydrogens (tertiary/aromatic N) is 1. The molecule has 1 aliphatic rings. The van der Waals surface area contributed by atoms with E-state index in [9.17, 15) is 8.42 Å². The molecule has 0 amide bonds. The van der Waals surface area contributed by atoms with Crippen molar-refractivity contribution in [3.8, 4) is 0 Å². The fourth-order valence-corrected chi connectivity index (χ4v) is 4.20. The highest BCUT2D eigenvalue weighted by Gasteiger charge is 2.42. The molecule has 1 heterocycles. The molecule has 1 aliphatic heterocycles. The van der Waals surface area contributed by atoms with Crippen LogP contribution in [0.4, 0.5) is 0 Å². The second-order valence-electron chi connectivity index (χ2n) is 6.73. The van der Waals surface area contributed by atoms with Crippen LogP contribution in [0.3, 0.4) is 0 Å². The highest BCUT2D eigenvalue weighted by atomic mass is 32.2. The van der Waals surface area contributed by atoms with Gasteiger partial charge in [-0.15, -0.1) is 0 Å². The molecule has 4 nitrogen and oxygen atoms in total. The minimum Gasteiger partial charge on any atom is -0.329 e. The topological polar surface area (TPSA) is 63.4 Å². The van der Waals surface area contributed by atoms with Gasteiger partial charge in [-0.3, -0.25) is 4.90 Å². The van der Waals surface area contributed by atoms with Gasteiger partial charge in [-0.05, 0) is 32.2 Å². The van der Waals surface area contributed by atoms with E-state index in [2.05, 4.69) is 39.6 Å². The zero-order chi connectivity index (χ0) is 14.2. The van der Waals surface area contributed by atoms with Crippen molar-refractivity contribution < 1.29 is 8.42 Å².